The van der Waals surface area contributed by atoms with E-state index in [4.69, 9.17) is 5.11 Å². The van der Waals surface area contributed by atoms with Crippen LogP contribution in [0.3, 0.4) is 0 Å². The van der Waals surface area contributed by atoms with E-state index in [9.17, 15) is 10.1 Å². The number of rotatable bonds is 5. The highest BCUT2D eigenvalue weighted by molar-refractivity contribution is 6.03. The largest absolute Gasteiger partial charge is 0.391 e. The summed E-state index contributed by atoms with van der Waals surface area (Å²) in [6.07, 6.45) is 11.6. The zero-order valence-electron chi connectivity index (χ0n) is 13.1. The first-order valence-electron chi connectivity index (χ1n) is 7.82. The summed E-state index contributed by atoms with van der Waals surface area (Å²) in [6, 6.07) is 3.78. The number of aliphatic hydroxyl groups excluding tert-OH is 1. The van der Waals surface area contributed by atoms with Gasteiger partial charge in [-0.2, -0.15) is 5.26 Å². The lowest BCUT2D eigenvalue weighted by Gasteiger charge is -2.17. The molecule has 1 aromatic rings. The molecule has 0 atom stereocenters. The maximum Gasteiger partial charge on any atom is 0.253 e. The van der Waals surface area contributed by atoms with Crippen molar-refractivity contribution in [2.75, 3.05) is 11.9 Å². The Labute approximate surface area is 136 Å². The van der Waals surface area contributed by atoms with Crippen LogP contribution >= 0.6 is 0 Å². The second-order valence-electron chi connectivity index (χ2n) is 5.75. The number of aromatic nitrogens is 1. The number of allylic oxidation sites excluding steroid dienone is 1. The molecule has 0 aromatic carbocycles. The summed E-state index contributed by atoms with van der Waals surface area (Å²) in [5.74, 6) is 0.0870. The second kappa shape index (κ2) is 8.25. The van der Waals surface area contributed by atoms with Crippen molar-refractivity contribution in [3.05, 3.63) is 41.7 Å². The van der Waals surface area contributed by atoms with E-state index in [2.05, 4.69) is 29.0 Å². The molecule has 2 rings (SSSR count). The molecule has 0 bridgehead atoms. The average molecular weight is 311 g/mol. The molecule has 1 saturated carbocycles. The van der Waals surface area contributed by atoms with Crippen molar-refractivity contribution < 1.29 is 9.90 Å². The van der Waals surface area contributed by atoms with Crippen LogP contribution in [0.5, 0.6) is 0 Å². The maximum atomic E-state index is 11.7. The molecule has 0 unspecified atom stereocenters. The Morgan fingerprint density at radius 1 is 1.48 bits per heavy atom. The average Bonchev–Trinajstić information content (AvgIpc) is 2.60. The standard InChI is InChI=1S/C18H21N3O2/c1-13(12-22)18(23)21-16-9-15(17(10-19)20-11-16)8-7-14-5-3-2-4-6-14/h7-9,11,14,22H,1-6,12H2,(H,21,23)/b8-7+. The Balaban J connectivity index is 2.15. The van der Waals surface area contributed by atoms with E-state index < -0.39 is 12.5 Å². The number of anilines is 1. The zero-order chi connectivity index (χ0) is 16.7. The van der Waals surface area contributed by atoms with E-state index in [1.165, 1.54) is 38.3 Å². The zero-order valence-corrected chi connectivity index (χ0v) is 13.1. The van der Waals surface area contributed by atoms with Crippen molar-refractivity contribution in [3.63, 3.8) is 0 Å². The first kappa shape index (κ1) is 16.9. The highest BCUT2D eigenvalue weighted by Crippen LogP contribution is 2.26. The number of nitrogens with one attached hydrogen (secondary N) is 1. The monoisotopic (exact) mass is 311 g/mol. The molecule has 0 spiro atoms. The van der Waals surface area contributed by atoms with Crippen molar-refractivity contribution in [1.29, 1.82) is 5.26 Å². The minimum Gasteiger partial charge on any atom is -0.391 e. The number of nitriles is 1. The molecule has 1 amide bonds. The van der Waals surface area contributed by atoms with Gasteiger partial charge in [0.2, 0.25) is 0 Å². The molecule has 0 aliphatic heterocycles. The van der Waals surface area contributed by atoms with E-state index in [0.29, 0.717) is 22.9 Å². The lowest BCUT2D eigenvalue weighted by molar-refractivity contribution is -0.113. The van der Waals surface area contributed by atoms with Gasteiger partial charge < -0.3 is 10.4 Å². The second-order valence-corrected chi connectivity index (χ2v) is 5.75. The molecule has 1 fully saturated rings. The number of carbonyl (C=O) groups is 1. The van der Waals surface area contributed by atoms with E-state index in [1.54, 1.807) is 6.07 Å². The van der Waals surface area contributed by atoms with Crippen LogP contribution in [-0.2, 0) is 4.79 Å². The fourth-order valence-corrected chi connectivity index (χ4v) is 2.63. The van der Waals surface area contributed by atoms with Gasteiger partial charge in [-0.3, -0.25) is 4.79 Å². The molecule has 2 N–H and O–H groups in total. The Bertz CT molecular complexity index is 653. The molecule has 5 nitrogen and oxygen atoms in total. The maximum absolute atomic E-state index is 11.7. The summed E-state index contributed by atoms with van der Waals surface area (Å²) in [4.78, 5) is 15.8. The summed E-state index contributed by atoms with van der Waals surface area (Å²) >= 11 is 0. The van der Waals surface area contributed by atoms with E-state index in [0.717, 1.165) is 0 Å². The smallest absolute Gasteiger partial charge is 0.253 e. The van der Waals surface area contributed by atoms with E-state index in [1.807, 2.05) is 6.08 Å². The number of hydrogen-bond donors (Lipinski definition) is 2. The van der Waals surface area contributed by atoms with Gasteiger partial charge in [-0.05, 0) is 24.8 Å². The molecule has 1 aliphatic rings. The van der Waals surface area contributed by atoms with Gasteiger partial charge >= 0.3 is 0 Å². The van der Waals surface area contributed by atoms with Crippen LogP contribution in [-0.4, -0.2) is 22.6 Å². The number of aliphatic hydroxyl groups is 1. The molecule has 120 valence electrons. The third-order valence-corrected chi connectivity index (χ3v) is 3.99. The van der Waals surface area contributed by atoms with Gasteiger partial charge in [0.25, 0.3) is 5.91 Å². The lowest BCUT2D eigenvalue weighted by atomic mass is 9.88. The van der Waals surface area contributed by atoms with Gasteiger partial charge in [-0.1, -0.05) is 38.0 Å². The van der Waals surface area contributed by atoms with Crippen molar-refractivity contribution in [3.8, 4) is 6.07 Å². The van der Waals surface area contributed by atoms with Crippen LogP contribution in [0.4, 0.5) is 5.69 Å². The van der Waals surface area contributed by atoms with Crippen LogP contribution in [0.2, 0.25) is 0 Å². The first-order valence-corrected chi connectivity index (χ1v) is 7.82. The molecule has 1 aromatic heterocycles. The summed E-state index contributed by atoms with van der Waals surface area (Å²) in [7, 11) is 0. The Hall–Kier alpha value is -2.45. The number of nitrogens with zero attached hydrogens (tertiary/aromatic N) is 2. The topological polar surface area (TPSA) is 86.0 Å². The third kappa shape index (κ3) is 4.76. The van der Waals surface area contributed by atoms with E-state index in [-0.39, 0.29) is 5.57 Å². The van der Waals surface area contributed by atoms with Gasteiger partial charge in [0, 0.05) is 11.1 Å². The van der Waals surface area contributed by atoms with Gasteiger partial charge in [0.05, 0.1) is 18.5 Å². The minimum atomic E-state index is -0.457. The number of carbonyl (C=O) groups excluding carboxylic acids is 1. The van der Waals surface area contributed by atoms with Crippen molar-refractivity contribution in [2.45, 2.75) is 32.1 Å². The molecule has 1 heterocycles. The van der Waals surface area contributed by atoms with Crippen LogP contribution in [0, 0.1) is 17.2 Å². The third-order valence-electron chi connectivity index (χ3n) is 3.99. The normalized spacial score (nSPS) is 15.3. The van der Waals surface area contributed by atoms with Crippen LogP contribution in [0.1, 0.15) is 43.4 Å². The fraction of sp³-hybridized carbons (Fsp3) is 0.389. The van der Waals surface area contributed by atoms with Crippen molar-refractivity contribution in [2.24, 2.45) is 5.92 Å². The Morgan fingerprint density at radius 3 is 2.87 bits per heavy atom. The summed E-state index contributed by atoms with van der Waals surface area (Å²) < 4.78 is 0. The fourth-order valence-electron chi connectivity index (χ4n) is 2.63. The van der Waals surface area contributed by atoms with Crippen LogP contribution < -0.4 is 5.32 Å². The Morgan fingerprint density at radius 2 is 2.22 bits per heavy atom. The van der Waals surface area contributed by atoms with E-state index >= 15 is 0 Å². The van der Waals surface area contributed by atoms with Crippen molar-refractivity contribution >= 4 is 17.7 Å². The summed E-state index contributed by atoms with van der Waals surface area (Å²) in [5.41, 5.74) is 1.57. The first-order chi connectivity index (χ1) is 11.1. The SMILES string of the molecule is C=C(CO)C(=O)Nc1cnc(C#N)c(/C=C/C2CCCCC2)c1. The molecular formula is C18H21N3O2. The van der Waals surface area contributed by atoms with Gasteiger partial charge in [0.15, 0.2) is 0 Å². The number of amides is 1. The van der Waals surface area contributed by atoms with Gasteiger partial charge in [-0.25, -0.2) is 4.98 Å². The molecule has 0 saturated heterocycles. The highest BCUT2D eigenvalue weighted by atomic mass is 16.3. The van der Waals surface area contributed by atoms with Gasteiger partial charge in [-0.15, -0.1) is 0 Å². The molecule has 5 heteroatoms. The molecule has 23 heavy (non-hydrogen) atoms. The summed E-state index contributed by atoms with van der Waals surface area (Å²) in [6.45, 7) is 3.08. The Kier molecular flexibility index (Phi) is 6.07. The van der Waals surface area contributed by atoms with Crippen LogP contribution in [0.25, 0.3) is 6.08 Å². The predicted octanol–water partition coefficient (Wildman–Crippen LogP) is 3.03. The quantitative estimate of drug-likeness (QED) is 0.818. The van der Waals surface area contributed by atoms with Crippen LogP contribution in [0.15, 0.2) is 30.5 Å². The lowest BCUT2D eigenvalue weighted by Crippen LogP contribution is -2.16. The summed E-state index contributed by atoms with van der Waals surface area (Å²) in [5, 5.41) is 20.7. The highest BCUT2D eigenvalue weighted by Gasteiger charge is 2.11. The number of hydrogen-bond acceptors (Lipinski definition) is 4. The predicted molar refractivity (Wildman–Crippen MR) is 89.4 cm³/mol. The molecular weight excluding hydrogens is 290 g/mol. The molecule has 1 aliphatic carbocycles. The van der Waals surface area contributed by atoms with Gasteiger partial charge in [0.1, 0.15) is 11.8 Å². The number of pyridine rings is 1. The molecule has 0 radical (unpaired) electrons. The minimum absolute atomic E-state index is 0.0775. The van der Waals surface area contributed by atoms with Crippen molar-refractivity contribution in [1.82, 2.24) is 4.98 Å².